The lowest BCUT2D eigenvalue weighted by molar-refractivity contribution is 0.0937. The summed E-state index contributed by atoms with van der Waals surface area (Å²) in [6.07, 6.45) is 0.875. The third-order valence-corrected chi connectivity index (χ3v) is 6.44. The summed E-state index contributed by atoms with van der Waals surface area (Å²) in [5, 5.41) is 6.78. The number of benzene rings is 2. The van der Waals surface area contributed by atoms with Crippen molar-refractivity contribution in [2.75, 3.05) is 0 Å². The summed E-state index contributed by atoms with van der Waals surface area (Å²) >= 11 is 1.41. The fourth-order valence-corrected chi connectivity index (χ4v) is 4.34. The highest BCUT2D eigenvalue weighted by atomic mass is 32.1. The van der Waals surface area contributed by atoms with Crippen LogP contribution in [0.15, 0.2) is 42.5 Å². The van der Waals surface area contributed by atoms with Gasteiger partial charge in [0.05, 0.1) is 5.69 Å². The number of carbonyl (C=O) groups is 2. The Labute approximate surface area is 187 Å². The van der Waals surface area contributed by atoms with Gasteiger partial charge in [-0.15, -0.1) is 11.3 Å². The van der Waals surface area contributed by atoms with Crippen molar-refractivity contribution in [3.63, 3.8) is 0 Å². The van der Waals surface area contributed by atoms with E-state index in [4.69, 9.17) is 0 Å². The van der Waals surface area contributed by atoms with Gasteiger partial charge in [0, 0.05) is 23.7 Å². The number of amides is 2. The molecule has 0 radical (unpaired) electrons. The first-order valence-electron chi connectivity index (χ1n) is 10.5. The van der Waals surface area contributed by atoms with E-state index in [0.717, 1.165) is 33.8 Å². The zero-order valence-corrected chi connectivity index (χ0v) is 19.5. The quantitative estimate of drug-likeness (QED) is 0.536. The van der Waals surface area contributed by atoms with Crippen molar-refractivity contribution in [2.45, 2.75) is 53.6 Å². The van der Waals surface area contributed by atoms with Gasteiger partial charge in [0.2, 0.25) is 0 Å². The minimum absolute atomic E-state index is 0.0982. The molecule has 162 valence electrons. The maximum absolute atomic E-state index is 12.8. The van der Waals surface area contributed by atoms with Crippen LogP contribution < -0.4 is 10.6 Å². The standard InChI is InChI=1S/C25H29N3O2S/c1-6-17(4)27-23(29)20-9-7-8-19(13-20)14-26-24(30)22-18(5)28-25(31-22)21-11-10-15(2)12-16(21)3/h7-13,17H,6,14H2,1-5H3,(H,26,30)(H,27,29). The van der Waals surface area contributed by atoms with Crippen LogP contribution in [-0.4, -0.2) is 22.8 Å². The van der Waals surface area contributed by atoms with Gasteiger partial charge in [-0.05, 0) is 57.4 Å². The molecule has 1 aromatic heterocycles. The van der Waals surface area contributed by atoms with Gasteiger partial charge in [-0.3, -0.25) is 9.59 Å². The van der Waals surface area contributed by atoms with E-state index in [2.05, 4.69) is 47.7 Å². The lowest BCUT2D eigenvalue weighted by Crippen LogP contribution is -2.32. The Hall–Kier alpha value is -2.99. The number of hydrogen-bond acceptors (Lipinski definition) is 4. The Bertz CT molecular complexity index is 1100. The first kappa shape index (κ1) is 22.7. The lowest BCUT2D eigenvalue weighted by atomic mass is 10.1. The van der Waals surface area contributed by atoms with Crippen molar-refractivity contribution in [3.8, 4) is 10.6 Å². The van der Waals surface area contributed by atoms with Gasteiger partial charge in [0.1, 0.15) is 9.88 Å². The van der Waals surface area contributed by atoms with E-state index in [1.54, 1.807) is 6.07 Å². The molecule has 31 heavy (non-hydrogen) atoms. The fourth-order valence-electron chi connectivity index (χ4n) is 3.27. The molecule has 0 aliphatic rings. The predicted octanol–water partition coefficient (Wildman–Crippen LogP) is 5.19. The second kappa shape index (κ2) is 9.88. The summed E-state index contributed by atoms with van der Waals surface area (Å²) in [6.45, 7) is 10.3. The number of nitrogens with zero attached hydrogens (tertiary/aromatic N) is 1. The third kappa shape index (κ3) is 5.58. The van der Waals surface area contributed by atoms with Gasteiger partial charge in [0.15, 0.2) is 0 Å². The molecule has 2 aromatic carbocycles. The van der Waals surface area contributed by atoms with Gasteiger partial charge in [0.25, 0.3) is 11.8 Å². The third-order valence-electron chi connectivity index (χ3n) is 5.25. The van der Waals surface area contributed by atoms with Gasteiger partial charge in [-0.2, -0.15) is 0 Å². The highest BCUT2D eigenvalue weighted by Crippen LogP contribution is 2.30. The van der Waals surface area contributed by atoms with Crippen LogP contribution >= 0.6 is 11.3 Å². The predicted molar refractivity (Wildman–Crippen MR) is 127 cm³/mol. The number of thiazole rings is 1. The van der Waals surface area contributed by atoms with E-state index < -0.39 is 0 Å². The number of nitrogens with one attached hydrogen (secondary N) is 2. The van der Waals surface area contributed by atoms with Crippen LogP contribution in [0.5, 0.6) is 0 Å². The average Bonchev–Trinajstić information content (AvgIpc) is 3.13. The van der Waals surface area contributed by atoms with Crippen molar-refractivity contribution in [2.24, 2.45) is 0 Å². The number of carbonyl (C=O) groups excluding carboxylic acids is 2. The van der Waals surface area contributed by atoms with E-state index in [9.17, 15) is 9.59 Å². The highest BCUT2D eigenvalue weighted by Gasteiger charge is 2.17. The minimum atomic E-state index is -0.152. The summed E-state index contributed by atoms with van der Waals surface area (Å²) in [6, 6.07) is 13.7. The molecule has 1 unspecified atom stereocenters. The van der Waals surface area contributed by atoms with E-state index in [1.165, 1.54) is 16.9 Å². The van der Waals surface area contributed by atoms with Crippen LogP contribution in [-0.2, 0) is 6.54 Å². The van der Waals surface area contributed by atoms with Gasteiger partial charge in [-0.25, -0.2) is 4.98 Å². The van der Waals surface area contributed by atoms with Crippen LogP contribution in [0.1, 0.15) is 62.7 Å². The normalized spacial score (nSPS) is 11.8. The molecular formula is C25H29N3O2S. The summed E-state index contributed by atoms with van der Waals surface area (Å²) in [5.74, 6) is -0.251. The monoisotopic (exact) mass is 435 g/mol. The molecule has 1 atom stereocenters. The summed E-state index contributed by atoms with van der Waals surface area (Å²) < 4.78 is 0. The molecule has 2 N–H and O–H groups in total. The first-order valence-corrected chi connectivity index (χ1v) is 11.3. The maximum atomic E-state index is 12.8. The molecule has 0 saturated carbocycles. The van der Waals surface area contributed by atoms with Crippen molar-refractivity contribution in [3.05, 3.63) is 75.3 Å². The van der Waals surface area contributed by atoms with Gasteiger partial charge >= 0.3 is 0 Å². The molecule has 2 amide bonds. The molecule has 0 bridgehead atoms. The zero-order chi connectivity index (χ0) is 22.5. The van der Waals surface area contributed by atoms with Crippen LogP contribution in [0.25, 0.3) is 10.6 Å². The van der Waals surface area contributed by atoms with E-state index in [1.807, 2.05) is 39.0 Å². The topological polar surface area (TPSA) is 71.1 Å². The Kier molecular flexibility index (Phi) is 7.23. The summed E-state index contributed by atoms with van der Waals surface area (Å²) in [4.78, 5) is 30.4. The molecular weight excluding hydrogens is 406 g/mol. The van der Waals surface area contributed by atoms with E-state index in [-0.39, 0.29) is 17.9 Å². The molecule has 0 aliphatic heterocycles. The van der Waals surface area contributed by atoms with Crippen LogP contribution in [0, 0.1) is 20.8 Å². The van der Waals surface area contributed by atoms with Crippen LogP contribution in [0.2, 0.25) is 0 Å². The van der Waals surface area contributed by atoms with Crippen molar-refractivity contribution >= 4 is 23.2 Å². The summed E-state index contributed by atoms with van der Waals surface area (Å²) in [5.41, 5.74) is 5.60. The average molecular weight is 436 g/mol. The molecule has 3 rings (SSSR count). The minimum Gasteiger partial charge on any atom is -0.350 e. The van der Waals surface area contributed by atoms with Crippen LogP contribution in [0.3, 0.4) is 0 Å². The Morgan fingerprint density at radius 3 is 2.55 bits per heavy atom. The molecule has 0 fully saturated rings. The molecule has 3 aromatic rings. The van der Waals surface area contributed by atoms with E-state index >= 15 is 0 Å². The smallest absolute Gasteiger partial charge is 0.263 e. The lowest BCUT2D eigenvalue weighted by Gasteiger charge is -2.12. The van der Waals surface area contributed by atoms with Crippen molar-refractivity contribution in [1.29, 1.82) is 0 Å². The van der Waals surface area contributed by atoms with E-state index in [0.29, 0.717) is 17.0 Å². The number of hydrogen-bond donors (Lipinski definition) is 2. The summed E-state index contributed by atoms with van der Waals surface area (Å²) in [7, 11) is 0. The van der Waals surface area contributed by atoms with Crippen molar-refractivity contribution < 1.29 is 9.59 Å². The first-order chi connectivity index (χ1) is 14.8. The van der Waals surface area contributed by atoms with Gasteiger partial charge < -0.3 is 10.6 Å². The Morgan fingerprint density at radius 1 is 1.06 bits per heavy atom. The zero-order valence-electron chi connectivity index (χ0n) is 18.7. The Balaban J connectivity index is 1.70. The molecule has 1 heterocycles. The second-order valence-electron chi connectivity index (χ2n) is 7.92. The highest BCUT2D eigenvalue weighted by molar-refractivity contribution is 7.17. The largest absolute Gasteiger partial charge is 0.350 e. The second-order valence-corrected chi connectivity index (χ2v) is 8.92. The number of aromatic nitrogens is 1. The molecule has 0 aliphatic carbocycles. The fraction of sp³-hybridized carbons (Fsp3) is 0.320. The number of aryl methyl sites for hydroxylation is 3. The molecule has 5 nitrogen and oxygen atoms in total. The molecule has 0 saturated heterocycles. The molecule has 6 heteroatoms. The van der Waals surface area contributed by atoms with Gasteiger partial charge in [-0.1, -0.05) is 42.8 Å². The number of rotatable bonds is 7. The Morgan fingerprint density at radius 2 is 1.84 bits per heavy atom. The SMILES string of the molecule is CCC(C)NC(=O)c1cccc(CNC(=O)c2sc(-c3ccc(C)cc3C)nc2C)c1. The maximum Gasteiger partial charge on any atom is 0.263 e. The van der Waals surface area contributed by atoms with Crippen LogP contribution in [0.4, 0.5) is 0 Å². The molecule has 0 spiro atoms. The van der Waals surface area contributed by atoms with Crippen molar-refractivity contribution in [1.82, 2.24) is 15.6 Å².